The van der Waals surface area contributed by atoms with Gasteiger partial charge in [-0.1, -0.05) is 13.8 Å². The van der Waals surface area contributed by atoms with Gasteiger partial charge in [0.2, 0.25) is 12.1 Å². The Balaban J connectivity index is 1.84. The van der Waals surface area contributed by atoms with E-state index in [2.05, 4.69) is 6.92 Å². The number of esters is 1. The van der Waals surface area contributed by atoms with Crippen LogP contribution in [0, 0.1) is 23.7 Å². The van der Waals surface area contributed by atoms with Gasteiger partial charge in [-0.15, -0.1) is 0 Å². The highest BCUT2D eigenvalue weighted by Crippen LogP contribution is 2.59. The van der Waals surface area contributed by atoms with Crippen LogP contribution in [0.25, 0.3) is 0 Å². The molecule has 2 bridgehead atoms. The van der Waals surface area contributed by atoms with E-state index in [1.807, 2.05) is 13.8 Å². The average Bonchev–Trinajstić information content (AvgIpc) is 2.63. The predicted octanol–water partition coefficient (Wildman–Crippen LogP) is 2.39. The summed E-state index contributed by atoms with van der Waals surface area (Å²) in [5.74, 6) is -0.137. The first-order chi connectivity index (χ1) is 9.46. The van der Waals surface area contributed by atoms with E-state index in [-0.39, 0.29) is 17.8 Å². The van der Waals surface area contributed by atoms with Crippen molar-refractivity contribution in [2.45, 2.75) is 64.1 Å². The van der Waals surface area contributed by atoms with Crippen molar-refractivity contribution in [1.82, 2.24) is 0 Å². The lowest BCUT2D eigenvalue weighted by molar-refractivity contribution is -0.559. The molecule has 4 aliphatic heterocycles. The molecule has 5 fully saturated rings. The number of ether oxygens (including phenoxy) is 2. The summed E-state index contributed by atoms with van der Waals surface area (Å²) < 4.78 is 11.6. The molecule has 5 heteroatoms. The van der Waals surface area contributed by atoms with Crippen molar-refractivity contribution in [3.05, 3.63) is 0 Å². The minimum atomic E-state index is -0.793. The van der Waals surface area contributed by atoms with Gasteiger partial charge in [-0.05, 0) is 32.1 Å². The molecule has 0 amide bonds. The Hall–Kier alpha value is -0.650. The normalized spacial score (nSPS) is 57.8. The Bertz CT molecular complexity index is 452. The smallest absolute Gasteiger partial charge is 0.311 e. The summed E-state index contributed by atoms with van der Waals surface area (Å²) in [6.07, 6.45) is 3.24. The number of fused-ring (bicyclic) bond motifs is 2. The monoisotopic (exact) mass is 282 g/mol. The predicted molar refractivity (Wildman–Crippen MR) is 68.0 cm³/mol. The second kappa shape index (κ2) is 3.96. The quantitative estimate of drug-likeness (QED) is 0.504. The molecule has 20 heavy (non-hydrogen) atoms. The lowest BCUT2D eigenvalue weighted by Crippen LogP contribution is -2.69. The van der Waals surface area contributed by atoms with E-state index in [0.29, 0.717) is 11.8 Å². The summed E-state index contributed by atoms with van der Waals surface area (Å²) in [6.45, 7) is 6.06. The minimum absolute atomic E-state index is 0.123. The Morgan fingerprint density at radius 3 is 2.70 bits per heavy atom. The summed E-state index contributed by atoms with van der Waals surface area (Å²) in [6, 6.07) is 0. The standard InChI is InChI=1S/C15H22O5/c1-8-4-5-11-9(2)12(16)17-13-15(11)10(8)6-7-14(3,18-13)19-20-15/h8-11,13H,4-7H2,1-3H3/t8-,9-,10+,11-,13+,14+,15+/m1/s1. The van der Waals surface area contributed by atoms with Crippen LogP contribution in [0.3, 0.4) is 0 Å². The number of rotatable bonds is 0. The van der Waals surface area contributed by atoms with Crippen molar-refractivity contribution in [3.8, 4) is 0 Å². The Morgan fingerprint density at radius 2 is 1.90 bits per heavy atom. The molecule has 5 aliphatic rings. The SMILES string of the molecule is C[C@@H]1CC[C@@H]2[C@@H](C)C(=O)O[C@H]3O[C@]4(C)CC[C@@H]1[C@@]32OO4. The lowest BCUT2D eigenvalue weighted by Gasteiger charge is -2.57. The van der Waals surface area contributed by atoms with Crippen LogP contribution in [0.5, 0.6) is 0 Å². The second-order valence-corrected chi connectivity index (χ2v) is 7.14. The number of carbonyl (C=O) groups excluding carboxylic acids is 1. The largest absolute Gasteiger partial charge is 0.432 e. The van der Waals surface area contributed by atoms with E-state index in [9.17, 15) is 4.79 Å². The fourth-order valence-corrected chi connectivity index (χ4v) is 4.76. The zero-order valence-corrected chi connectivity index (χ0v) is 12.3. The zero-order valence-electron chi connectivity index (χ0n) is 12.3. The van der Waals surface area contributed by atoms with Crippen LogP contribution < -0.4 is 0 Å². The molecule has 0 aromatic carbocycles. The Morgan fingerprint density at radius 1 is 1.10 bits per heavy atom. The fraction of sp³-hybridized carbons (Fsp3) is 0.933. The molecule has 1 aliphatic carbocycles. The Labute approximate surface area is 118 Å². The molecule has 0 radical (unpaired) electrons. The maximum absolute atomic E-state index is 12.1. The molecule has 0 aromatic rings. The van der Waals surface area contributed by atoms with Crippen molar-refractivity contribution < 1.29 is 24.0 Å². The molecule has 4 heterocycles. The van der Waals surface area contributed by atoms with Gasteiger partial charge >= 0.3 is 5.97 Å². The summed E-state index contributed by atoms with van der Waals surface area (Å²) >= 11 is 0. The highest BCUT2D eigenvalue weighted by molar-refractivity contribution is 5.74. The van der Waals surface area contributed by atoms with Crippen LogP contribution in [-0.4, -0.2) is 23.6 Å². The summed E-state index contributed by atoms with van der Waals surface area (Å²) in [5.41, 5.74) is -0.610. The van der Waals surface area contributed by atoms with Gasteiger partial charge < -0.3 is 9.47 Å². The van der Waals surface area contributed by atoms with E-state index < -0.39 is 17.7 Å². The number of carbonyl (C=O) groups is 1. The molecular weight excluding hydrogens is 260 g/mol. The number of hydrogen-bond acceptors (Lipinski definition) is 5. The van der Waals surface area contributed by atoms with Gasteiger partial charge in [0.1, 0.15) is 0 Å². The van der Waals surface area contributed by atoms with Gasteiger partial charge in [0.15, 0.2) is 5.60 Å². The van der Waals surface area contributed by atoms with E-state index in [1.54, 1.807) is 0 Å². The van der Waals surface area contributed by atoms with Gasteiger partial charge in [0.25, 0.3) is 0 Å². The first kappa shape index (κ1) is 13.0. The number of hydrogen-bond donors (Lipinski definition) is 0. The van der Waals surface area contributed by atoms with Gasteiger partial charge in [-0.25, -0.2) is 9.78 Å². The molecule has 0 unspecified atom stereocenters. The van der Waals surface area contributed by atoms with Crippen LogP contribution in [0.15, 0.2) is 0 Å². The minimum Gasteiger partial charge on any atom is -0.432 e. The van der Waals surface area contributed by atoms with Crippen LogP contribution in [-0.2, 0) is 24.0 Å². The fourth-order valence-electron chi connectivity index (χ4n) is 4.76. The van der Waals surface area contributed by atoms with Gasteiger partial charge in [0.05, 0.1) is 5.92 Å². The maximum Gasteiger partial charge on any atom is 0.311 e. The first-order valence-electron chi connectivity index (χ1n) is 7.71. The van der Waals surface area contributed by atoms with Crippen molar-refractivity contribution in [2.24, 2.45) is 23.7 Å². The van der Waals surface area contributed by atoms with Gasteiger partial charge in [-0.3, -0.25) is 4.79 Å². The molecule has 1 saturated carbocycles. The molecule has 5 nitrogen and oxygen atoms in total. The van der Waals surface area contributed by atoms with Crippen molar-refractivity contribution in [3.63, 3.8) is 0 Å². The third kappa shape index (κ3) is 1.46. The van der Waals surface area contributed by atoms with Crippen molar-refractivity contribution in [2.75, 3.05) is 0 Å². The van der Waals surface area contributed by atoms with Crippen molar-refractivity contribution in [1.29, 1.82) is 0 Å². The van der Waals surface area contributed by atoms with Crippen LogP contribution in [0.1, 0.15) is 46.5 Å². The third-order valence-electron chi connectivity index (χ3n) is 5.97. The summed E-state index contributed by atoms with van der Waals surface area (Å²) in [5, 5.41) is 0. The molecule has 112 valence electrons. The topological polar surface area (TPSA) is 54.0 Å². The molecule has 1 spiro atoms. The molecule has 4 saturated heterocycles. The maximum atomic E-state index is 12.1. The molecule has 7 atom stereocenters. The van der Waals surface area contributed by atoms with Gasteiger partial charge in [0, 0.05) is 18.3 Å². The van der Waals surface area contributed by atoms with E-state index in [1.165, 1.54) is 0 Å². The molecule has 0 N–H and O–H groups in total. The van der Waals surface area contributed by atoms with Gasteiger partial charge in [-0.2, -0.15) is 0 Å². The highest BCUT2D eigenvalue weighted by atomic mass is 17.3. The van der Waals surface area contributed by atoms with Crippen LogP contribution in [0.4, 0.5) is 0 Å². The average molecular weight is 282 g/mol. The lowest BCUT2D eigenvalue weighted by atomic mass is 9.58. The van der Waals surface area contributed by atoms with E-state index in [4.69, 9.17) is 19.2 Å². The zero-order chi connectivity index (χ0) is 14.1. The van der Waals surface area contributed by atoms with Crippen LogP contribution in [0.2, 0.25) is 0 Å². The highest BCUT2D eigenvalue weighted by Gasteiger charge is 2.69. The summed E-state index contributed by atoms with van der Waals surface area (Å²) in [4.78, 5) is 23.7. The molecule has 0 aromatic heterocycles. The second-order valence-electron chi connectivity index (χ2n) is 7.14. The van der Waals surface area contributed by atoms with Crippen LogP contribution >= 0.6 is 0 Å². The third-order valence-corrected chi connectivity index (χ3v) is 5.97. The molecule has 5 rings (SSSR count). The molecular formula is C15H22O5. The first-order valence-corrected chi connectivity index (χ1v) is 7.71. The van der Waals surface area contributed by atoms with E-state index in [0.717, 1.165) is 25.7 Å². The van der Waals surface area contributed by atoms with Crippen molar-refractivity contribution >= 4 is 5.97 Å². The summed E-state index contributed by atoms with van der Waals surface area (Å²) in [7, 11) is 0. The Kier molecular flexibility index (Phi) is 2.58. The van der Waals surface area contributed by atoms with E-state index >= 15 is 0 Å².